The van der Waals surface area contributed by atoms with Gasteiger partial charge in [-0.15, -0.1) is 0 Å². The van der Waals surface area contributed by atoms with Crippen LogP contribution in [-0.4, -0.2) is 55.0 Å². The van der Waals surface area contributed by atoms with Gasteiger partial charge in [-0.3, -0.25) is 0 Å². The fraction of sp³-hybridized carbons (Fsp3) is 0.556. The van der Waals surface area contributed by atoms with Gasteiger partial charge in [0.1, 0.15) is 24.1 Å². The lowest BCUT2D eigenvalue weighted by Crippen LogP contribution is -2.70. The zero-order valence-electron chi connectivity index (χ0n) is 14.6. The number of halogens is 2. The Kier molecular flexibility index (Phi) is 4.86. The molecule has 3 fully saturated rings. The molecule has 0 radical (unpaired) electrons. The summed E-state index contributed by atoms with van der Waals surface area (Å²) in [4.78, 5) is 24.8. The third-order valence-electron chi connectivity index (χ3n) is 5.18. The molecule has 0 atom stereocenters. The van der Waals surface area contributed by atoms with E-state index < -0.39 is 11.6 Å². The lowest BCUT2D eigenvalue weighted by atomic mass is 9.83. The van der Waals surface area contributed by atoms with E-state index in [1.807, 2.05) is 0 Å². The molecule has 0 aromatic heterocycles. The Morgan fingerprint density at radius 2 is 2.19 bits per heavy atom. The van der Waals surface area contributed by atoms with Gasteiger partial charge in [0, 0.05) is 5.02 Å². The van der Waals surface area contributed by atoms with E-state index in [2.05, 4.69) is 5.32 Å². The van der Waals surface area contributed by atoms with Crippen LogP contribution in [-0.2, 0) is 20.8 Å². The van der Waals surface area contributed by atoms with Gasteiger partial charge >= 0.3 is 12.2 Å². The Morgan fingerprint density at radius 3 is 2.85 bits per heavy atom. The smallest absolute Gasteiger partial charge is 0.410 e. The highest BCUT2D eigenvalue weighted by molar-refractivity contribution is 6.31. The number of hydrogen-bond donors (Lipinski definition) is 1. The summed E-state index contributed by atoms with van der Waals surface area (Å²) in [5.74, 6) is -0.0457. The van der Waals surface area contributed by atoms with Crippen molar-refractivity contribution in [3.05, 3.63) is 34.6 Å². The summed E-state index contributed by atoms with van der Waals surface area (Å²) in [7, 11) is 0. The maximum absolute atomic E-state index is 13.0. The average molecular weight is 399 g/mol. The summed E-state index contributed by atoms with van der Waals surface area (Å²) in [5.41, 5.74) is 0.309. The Bertz CT molecular complexity index is 749. The van der Waals surface area contributed by atoms with Crippen molar-refractivity contribution in [1.82, 2.24) is 10.2 Å². The molecule has 1 N–H and O–H groups in total. The minimum absolute atomic E-state index is 0.105. The normalized spacial score (nSPS) is 25.4. The Balaban J connectivity index is 1.11. The van der Waals surface area contributed by atoms with Crippen molar-refractivity contribution in [3.63, 3.8) is 0 Å². The van der Waals surface area contributed by atoms with Crippen molar-refractivity contribution < 1.29 is 28.2 Å². The fourth-order valence-corrected chi connectivity index (χ4v) is 3.80. The molecule has 27 heavy (non-hydrogen) atoms. The minimum atomic E-state index is -0.438. The van der Waals surface area contributed by atoms with E-state index in [1.165, 1.54) is 12.1 Å². The number of ether oxygens (including phenoxy) is 3. The molecule has 2 aliphatic heterocycles. The molecule has 3 aliphatic rings. The molecule has 1 aliphatic carbocycles. The number of benzene rings is 1. The summed E-state index contributed by atoms with van der Waals surface area (Å²) in [6.45, 7) is 1.97. The monoisotopic (exact) mass is 398 g/mol. The van der Waals surface area contributed by atoms with Crippen LogP contribution in [0.2, 0.25) is 5.02 Å². The van der Waals surface area contributed by atoms with E-state index in [1.54, 1.807) is 11.0 Å². The van der Waals surface area contributed by atoms with Crippen molar-refractivity contribution in [2.45, 2.75) is 31.1 Å². The van der Waals surface area contributed by atoms with Crippen LogP contribution in [0.3, 0.4) is 0 Å². The van der Waals surface area contributed by atoms with Gasteiger partial charge in [0.15, 0.2) is 0 Å². The highest BCUT2D eigenvalue weighted by atomic mass is 35.5. The van der Waals surface area contributed by atoms with Crippen LogP contribution in [0, 0.1) is 11.7 Å². The van der Waals surface area contributed by atoms with Crippen molar-refractivity contribution in [3.8, 4) is 0 Å². The molecule has 2 amide bonds. The van der Waals surface area contributed by atoms with Gasteiger partial charge in [0.2, 0.25) is 0 Å². The summed E-state index contributed by atoms with van der Waals surface area (Å²) in [6.07, 6.45) is 0.603. The first kappa shape index (κ1) is 18.3. The zero-order valence-corrected chi connectivity index (χ0v) is 15.3. The Hall–Kier alpha value is -2.06. The van der Waals surface area contributed by atoms with Gasteiger partial charge in [-0.2, -0.15) is 0 Å². The van der Waals surface area contributed by atoms with Crippen molar-refractivity contribution >= 4 is 23.8 Å². The van der Waals surface area contributed by atoms with Gasteiger partial charge in [0.25, 0.3) is 0 Å². The standard InChI is InChI=1S/C18H20ClFN2O5/c19-15-5-13(20)2-1-12(15)7-25-6-11-3-14(4-11)27-17(24)22-8-18(9-22)10-26-16(23)21-18/h1-2,5,11,14H,3-4,6-10H2,(H,21,23)/t11-,14+. The highest BCUT2D eigenvalue weighted by Crippen LogP contribution is 2.33. The first-order valence-electron chi connectivity index (χ1n) is 8.85. The lowest BCUT2D eigenvalue weighted by Gasteiger charge is -2.46. The summed E-state index contributed by atoms with van der Waals surface area (Å²) >= 11 is 5.96. The SMILES string of the molecule is O=C1NC2(CO1)CN(C(=O)O[C@H]1C[C@@H](COCc3ccc(F)cc3Cl)C1)C2. The molecular formula is C18H20ClFN2O5. The number of likely N-dealkylation sites (tertiary alicyclic amines) is 1. The fourth-order valence-electron chi connectivity index (χ4n) is 3.57. The van der Waals surface area contributed by atoms with Gasteiger partial charge in [-0.25, -0.2) is 14.0 Å². The molecule has 4 rings (SSSR count). The molecule has 2 saturated heterocycles. The number of rotatable bonds is 5. The van der Waals surface area contributed by atoms with Crippen molar-refractivity contribution in [1.29, 1.82) is 0 Å². The highest BCUT2D eigenvalue weighted by Gasteiger charge is 2.52. The number of amides is 2. The first-order chi connectivity index (χ1) is 12.9. The van der Waals surface area contributed by atoms with E-state index in [4.69, 9.17) is 25.8 Å². The van der Waals surface area contributed by atoms with Crippen molar-refractivity contribution in [2.24, 2.45) is 5.92 Å². The van der Waals surface area contributed by atoms with E-state index in [9.17, 15) is 14.0 Å². The average Bonchev–Trinajstić information content (AvgIpc) is 2.95. The molecule has 9 heteroatoms. The maximum Gasteiger partial charge on any atom is 0.410 e. The number of carbonyl (C=O) groups excluding carboxylic acids is 2. The number of carbonyl (C=O) groups is 2. The molecule has 1 spiro atoms. The first-order valence-corrected chi connectivity index (χ1v) is 9.22. The van der Waals surface area contributed by atoms with Crippen LogP contribution < -0.4 is 5.32 Å². The second kappa shape index (κ2) is 7.16. The van der Waals surface area contributed by atoms with E-state index >= 15 is 0 Å². The van der Waals surface area contributed by atoms with Gasteiger partial charge in [0.05, 0.1) is 26.3 Å². The molecule has 1 aromatic carbocycles. The van der Waals surface area contributed by atoms with Crippen LogP contribution in [0.4, 0.5) is 14.0 Å². The summed E-state index contributed by atoms with van der Waals surface area (Å²) in [6, 6.07) is 4.23. The van der Waals surface area contributed by atoms with Crippen molar-refractivity contribution in [2.75, 3.05) is 26.3 Å². The molecule has 146 valence electrons. The van der Waals surface area contributed by atoms with Crippen LogP contribution >= 0.6 is 11.6 Å². The van der Waals surface area contributed by atoms with Crippen LogP contribution in [0.15, 0.2) is 18.2 Å². The van der Waals surface area contributed by atoms with E-state index in [0.717, 1.165) is 18.4 Å². The van der Waals surface area contributed by atoms with Gasteiger partial charge in [-0.05, 0) is 36.5 Å². The van der Waals surface area contributed by atoms with Crippen LogP contribution in [0.1, 0.15) is 18.4 Å². The summed E-state index contributed by atoms with van der Waals surface area (Å²) < 4.78 is 29.0. The van der Waals surface area contributed by atoms with Gasteiger partial charge in [-0.1, -0.05) is 17.7 Å². The van der Waals surface area contributed by atoms with Gasteiger partial charge < -0.3 is 24.4 Å². The number of cyclic esters (lactones) is 1. The quantitative estimate of drug-likeness (QED) is 0.825. The lowest BCUT2D eigenvalue weighted by molar-refractivity contribution is -0.0490. The molecule has 0 unspecified atom stereocenters. The predicted octanol–water partition coefficient (Wildman–Crippen LogP) is 2.71. The number of hydrogen-bond acceptors (Lipinski definition) is 5. The molecule has 7 nitrogen and oxygen atoms in total. The largest absolute Gasteiger partial charge is 0.447 e. The molecule has 1 aromatic rings. The summed E-state index contributed by atoms with van der Waals surface area (Å²) in [5, 5.41) is 3.08. The zero-order chi connectivity index (χ0) is 19.0. The Morgan fingerprint density at radius 1 is 1.41 bits per heavy atom. The van der Waals surface area contributed by atoms with E-state index in [0.29, 0.717) is 37.2 Å². The van der Waals surface area contributed by atoms with E-state index in [-0.39, 0.29) is 24.6 Å². The topological polar surface area (TPSA) is 77.1 Å². The molecule has 0 bridgehead atoms. The number of nitrogens with zero attached hydrogens (tertiary/aromatic N) is 1. The maximum atomic E-state index is 13.0. The molecule has 1 saturated carbocycles. The predicted molar refractivity (Wildman–Crippen MR) is 92.8 cm³/mol. The number of alkyl carbamates (subject to hydrolysis) is 1. The molecular weight excluding hydrogens is 379 g/mol. The third kappa shape index (κ3) is 3.96. The second-order valence-corrected chi connectivity index (χ2v) is 7.84. The molecule has 2 heterocycles. The third-order valence-corrected chi connectivity index (χ3v) is 5.53. The van der Waals surface area contributed by atoms with Crippen LogP contribution in [0.5, 0.6) is 0 Å². The van der Waals surface area contributed by atoms with Crippen LogP contribution in [0.25, 0.3) is 0 Å². The Labute approximate surface area is 160 Å². The number of nitrogens with one attached hydrogen (secondary N) is 1. The minimum Gasteiger partial charge on any atom is -0.447 e. The second-order valence-electron chi connectivity index (χ2n) is 7.43.